The normalized spacial score (nSPS) is 11.2. The molecule has 0 saturated carbocycles. The van der Waals surface area contributed by atoms with E-state index in [4.69, 9.17) is 5.73 Å². The second kappa shape index (κ2) is 5.49. The molecule has 1 aromatic heterocycles. The number of alkyl halides is 2. The molecule has 0 unspecified atom stereocenters. The van der Waals surface area contributed by atoms with Gasteiger partial charge in [0.05, 0.1) is 11.0 Å². The lowest BCUT2D eigenvalue weighted by molar-refractivity contribution is -0.0498. The number of hydrogen-bond donors (Lipinski definition) is 2. The molecular weight excluding hydrogens is 276 g/mol. The summed E-state index contributed by atoms with van der Waals surface area (Å²) in [7, 11) is 0. The fraction of sp³-hybridized carbons (Fsp3) is 0.133. The lowest BCUT2D eigenvalue weighted by atomic mass is 10.2. The summed E-state index contributed by atoms with van der Waals surface area (Å²) in [6.45, 7) is -2.36. The molecule has 108 valence electrons. The largest absolute Gasteiger partial charge is 0.435 e. The van der Waals surface area contributed by atoms with Crippen molar-refractivity contribution in [2.24, 2.45) is 5.73 Å². The average molecular weight is 289 g/mol. The third kappa shape index (κ3) is 2.85. The van der Waals surface area contributed by atoms with Crippen molar-refractivity contribution in [3.8, 4) is 17.1 Å². The van der Waals surface area contributed by atoms with E-state index >= 15 is 0 Å². The van der Waals surface area contributed by atoms with E-state index in [1.807, 2.05) is 18.2 Å². The predicted molar refractivity (Wildman–Crippen MR) is 76.1 cm³/mol. The Morgan fingerprint density at radius 3 is 2.57 bits per heavy atom. The first-order chi connectivity index (χ1) is 10.2. The summed E-state index contributed by atoms with van der Waals surface area (Å²) in [5.41, 5.74) is 9.13. The Kier molecular flexibility index (Phi) is 3.53. The molecular formula is C15H13F2N3O. The fourth-order valence-corrected chi connectivity index (χ4v) is 2.11. The number of hydrogen-bond acceptors (Lipinski definition) is 3. The maximum atomic E-state index is 12.1. The van der Waals surface area contributed by atoms with E-state index in [0.29, 0.717) is 12.4 Å². The lowest BCUT2D eigenvalue weighted by Crippen LogP contribution is -2.01. The molecule has 3 aromatic rings. The van der Waals surface area contributed by atoms with Crippen molar-refractivity contribution in [3.63, 3.8) is 0 Å². The van der Waals surface area contributed by atoms with E-state index in [9.17, 15) is 8.78 Å². The number of nitrogens with one attached hydrogen (secondary N) is 1. The first kappa shape index (κ1) is 13.5. The van der Waals surface area contributed by atoms with Crippen LogP contribution in [-0.2, 0) is 6.54 Å². The molecule has 0 saturated heterocycles. The number of benzene rings is 2. The quantitative estimate of drug-likeness (QED) is 0.774. The molecule has 1 heterocycles. The van der Waals surface area contributed by atoms with Crippen molar-refractivity contribution < 1.29 is 13.5 Å². The van der Waals surface area contributed by atoms with Crippen molar-refractivity contribution in [1.82, 2.24) is 9.97 Å². The molecule has 2 aromatic carbocycles. The minimum Gasteiger partial charge on any atom is -0.435 e. The Labute approximate surface area is 119 Å². The van der Waals surface area contributed by atoms with Crippen LogP contribution >= 0.6 is 0 Å². The monoisotopic (exact) mass is 289 g/mol. The van der Waals surface area contributed by atoms with Gasteiger partial charge in [0, 0.05) is 12.1 Å². The van der Waals surface area contributed by atoms with Crippen LogP contribution in [0.1, 0.15) is 5.56 Å². The number of rotatable bonds is 4. The minimum atomic E-state index is -2.82. The summed E-state index contributed by atoms with van der Waals surface area (Å²) in [6.07, 6.45) is 0. The van der Waals surface area contributed by atoms with Crippen LogP contribution in [0.2, 0.25) is 0 Å². The van der Waals surface area contributed by atoms with Crippen LogP contribution in [0.3, 0.4) is 0 Å². The highest BCUT2D eigenvalue weighted by Gasteiger charge is 2.08. The van der Waals surface area contributed by atoms with E-state index in [1.54, 1.807) is 12.1 Å². The van der Waals surface area contributed by atoms with Gasteiger partial charge in [0.15, 0.2) is 0 Å². The zero-order valence-corrected chi connectivity index (χ0v) is 11.0. The second-order valence-electron chi connectivity index (χ2n) is 4.54. The molecule has 0 amide bonds. The van der Waals surface area contributed by atoms with Gasteiger partial charge < -0.3 is 15.5 Å². The molecule has 3 N–H and O–H groups in total. The summed E-state index contributed by atoms with van der Waals surface area (Å²) >= 11 is 0. The smallest absolute Gasteiger partial charge is 0.387 e. The Bertz CT molecular complexity index is 753. The number of halogens is 2. The average Bonchev–Trinajstić information content (AvgIpc) is 2.90. The van der Waals surface area contributed by atoms with Crippen LogP contribution in [0.5, 0.6) is 5.75 Å². The maximum absolute atomic E-state index is 12.1. The summed E-state index contributed by atoms with van der Waals surface area (Å²) in [4.78, 5) is 7.65. The van der Waals surface area contributed by atoms with Gasteiger partial charge in [-0.25, -0.2) is 4.98 Å². The van der Waals surface area contributed by atoms with Gasteiger partial charge in [-0.15, -0.1) is 0 Å². The van der Waals surface area contributed by atoms with Crippen LogP contribution in [0.25, 0.3) is 22.4 Å². The summed E-state index contributed by atoms with van der Waals surface area (Å²) in [5.74, 6) is 0.790. The molecule has 0 aliphatic carbocycles. The summed E-state index contributed by atoms with van der Waals surface area (Å²) in [6, 6.07) is 12.1. The van der Waals surface area contributed by atoms with Crippen LogP contribution in [0.15, 0.2) is 42.5 Å². The van der Waals surface area contributed by atoms with E-state index in [2.05, 4.69) is 14.7 Å². The molecule has 3 rings (SSSR count). The topological polar surface area (TPSA) is 63.9 Å². The molecule has 6 heteroatoms. The van der Waals surface area contributed by atoms with Crippen molar-refractivity contribution in [1.29, 1.82) is 0 Å². The Morgan fingerprint density at radius 2 is 1.90 bits per heavy atom. The van der Waals surface area contributed by atoms with Crippen LogP contribution < -0.4 is 10.5 Å². The molecule has 0 atom stereocenters. The van der Waals surface area contributed by atoms with Crippen LogP contribution in [0.4, 0.5) is 8.78 Å². The molecule has 4 nitrogen and oxygen atoms in total. The maximum Gasteiger partial charge on any atom is 0.387 e. The molecule has 0 aliphatic rings. The molecule has 21 heavy (non-hydrogen) atoms. The van der Waals surface area contributed by atoms with Gasteiger partial charge in [-0.05, 0) is 42.0 Å². The highest BCUT2D eigenvalue weighted by atomic mass is 19.3. The Morgan fingerprint density at radius 1 is 1.14 bits per heavy atom. The SMILES string of the molecule is NCc1ccc2nc(-c3ccc(OC(F)F)cc3)[nH]c2c1. The zero-order chi connectivity index (χ0) is 14.8. The van der Waals surface area contributed by atoms with Crippen molar-refractivity contribution in [3.05, 3.63) is 48.0 Å². The third-order valence-electron chi connectivity index (χ3n) is 3.13. The van der Waals surface area contributed by atoms with E-state index in [1.165, 1.54) is 12.1 Å². The Hall–Kier alpha value is -2.47. The third-order valence-corrected chi connectivity index (χ3v) is 3.13. The van der Waals surface area contributed by atoms with Gasteiger partial charge in [0.1, 0.15) is 11.6 Å². The van der Waals surface area contributed by atoms with Crippen LogP contribution in [-0.4, -0.2) is 16.6 Å². The number of aromatic amines is 1. The predicted octanol–water partition coefficient (Wildman–Crippen LogP) is 3.29. The number of fused-ring (bicyclic) bond motifs is 1. The lowest BCUT2D eigenvalue weighted by Gasteiger charge is -2.04. The fourth-order valence-electron chi connectivity index (χ4n) is 2.11. The molecule has 0 bridgehead atoms. The first-order valence-corrected chi connectivity index (χ1v) is 6.39. The number of aromatic nitrogens is 2. The van der Waals surface area contributed by atoms with Crippen molar-refractivity contribution >= 4 is 11.0 Å². The zero-order valence-electron chi connectivity index (χ0n) is 11.0. The Balaban J connectivity index is 1.92. The van der Waals surface area contributed by atoms with E-state index in [0.717, 1.165) is 22.2 Å². The summed E-state index contributed by atoms with van der Waals surface area (Å²) in [5, 5.41) is 0. The number of ether oxygens (including phenoxy) is 1. The van der Waals surface area contributed by atoms with Crippen molar-refractivity contribution in [2.45, 2.75) is 13.2 Å². The second-order valence-corrected chi connectivity index (χ2v) is 4.54. The van der Waals surface area contributed by atoms with Gasteiger partial charge >= 0.3 is 6.61 Å². The molecule has 0 spiro atoms. The number of H-pyrrole nitrogens is 1. The highest BCUT2D eigenvalue weighted by molar-refractivity contribution is 5.80. The highest BCUT2D eigenvalue weighted by Crippen LogP contribution is 2.24. The number of nitrogens with zero attached hydrogens (tertiary/aromatic N) is 1. The summed E-state index contributed by atoms with van der Waals surface area (Å²) < 4.78 is 28.5. The van der Waals surface area contributed by atoms with Gasteiger partial charge in [-0.3, -0.25) is 0 Å². The van der Waals surface area contributed by atoms with E-state index < -0.39 is 6.61 Å². The molecule has 0 fully saturated rings. The number of imidazole rings is 1. The molecule has 0 radical (unpaired) electrons. The van der Waals surface area contributed by atoms with Crippen LogP contribution in [0, 0.1) is 0 Å². The standard InChI is InChI=1S/C15H13F2N3O/c16-15(17)21-11-4-2-10(3-5-11)14-19-12-6-1-9(8-18)7-13(12)20-14/h1-7,15H,8,18H2,(H,19,20). The first-order valence-electron chi connectivity index (χ1n) is 6.39. The minimum absolute atomic E-state index is 0.121. The van der Waals surface area contributed by atoms with Gasteiger partial charge in [0.25, 0.3) is 0 Å². The molecule has 0 aliphatic heterocycles. The van der Waals surface area contributed by atoms with Gasteiger partial charge in [0.2, 0.25) is 0 Å². The van der Waals surface area contributed by atoms with E-state index in [-0.39, 0.29) is 5.75 Å². The van der Waals surface area contributed by atoms with Gasteiger partial charge in [-0.1, -0.05) is 6.07 Å². The van der Waals surface area contributed by atoms with Gasteiger partial charge in [-0.2, -0.15) is 8.78 Å². The van der Waals surface area contributed by atoms with Crippen molar-refractivity contribution in [2.75, 3.05) is 0 Å². The number of nitrogens with two attached hydrogens (primary N) is 1.